The molecule has 6 nitrogen and oxygen atoms in total. The van der Waals surface area contributed by atoms with Crippen molar-refractivity contribution >= 4 is 22.8 Å². The first kappa shape index (κ1) is 17.9. The van der Waals surface area contributed by atoms with E-state index in [2.05, 4.69) is 45.0 Å². The Morgan fingerprint density at radius 1 is 0.867 bits per heavy atom. The molecule has 3 N–H and O–H groups in total. The van der Waals surface area contributed by atoms with Crippen LogP contribution in [-0.4, -0.2) is 17.7 Å². The van der Waals surface area contributed by atoms with Crippen molar-refractivity contribution in [1.29, 1.82) is 0 Å². The molecule has 0 unspecified atom stereocenters. The van der Waals surface area contributed by atoms with Gasteiger partial charge in [-0.1, -0.05) is 60.7 Å². The molecule has 0 fully saturated rings. The van der Waals surface area contributed by atoms with Crippen molar-refractivity contribution in [2.75, 3.05) is 7.11 Å². The van der Waals surface area contributed by atoms with E-state index in [1.807, 2.05) is 54.6 Å². The summed E-state index contributed by atoms with van der Waals surface area (Å²) >= 11 is 0. The number of carbonyl (C=O) groups is 1. The van der Waals surface area contributed by atoms with Crippen molar-refractivity contribution in [2.24, 2.45) is 0 Å². The highest BCUT2D eigenvalue weighted by atomic mass is 16.5. The molecule has 1 aromatic heterocycles. The number of nitrogens with zero attached hydrogens (tertiary/aromatic N) is 1. The molecular formula is C24H20N4O2. The third-order valence-electron chi connectivity index (χ3n) is 5.16. The molecular weight excluding hydrogens is 376 g/mol. The second-order valence-corrected chi connectivity index (χ2v) is 6.93. The van der Waals surface area contributed by atoms with Gasteiger partial charge in [0, 0.05) is 10.9 Å². The number of aromatic nitrogens is 1. The summed E-state index contributed by atoms with van der Waals surface area (Å²) in [6.07, 6.45) is 1.74. The molecule has 5 rings (SSSR count). The third-order valence-corrected chi connectivity index (χ3v) is 5.16. The highest BCUT2D eigenvalue weighted by Crippen LogP contribution is 2.43. The molecule has 4 aromatic rings. The Kier molecular flexibility index (Phi) is 4.37. The van der Waals surface area contributed by atoms with Crippen LogP contribution < -0.4 is 20.9 Å². The Hall–Kier alpha value is -4.19. The summed E-state index contributed by atoms with van der Waals surface area (Å²) in [5.41, 5.74) is 10.5. The average molecular weight is 396 g/mol. The fourth-order valence-corrected chi connectivity index (χ4v) is 3.89. The van der Waals surface area contributed by atoms with Gasteiger partial charge in [-0.25, -0.2) is 4.79 Å². The van der Waals surface area contributed by atoms with E-state index < -0.39 is 0 Å². The number of hydrazine groups is 1. The Morgan fingerprint density at radius 3 is 2.23 bits per heavy atom. The maximum atomic E-state index is 12.0. The SMILES string of the molecule is COc1ccc2c(c1)c(-c1ccccc1)c(-c1ccccc1)n2C1=CNNC(=O)N1. The van der Waals surface area contributed by atoms with Crippen LogP contribution in [-0.2, 0) is 0 Å². The third kappa shape index (κ3) is 2.95. The first-order valence-electron chi connectivity index (χ1n) is 9.62. The van der Waals surface area contributed by atoms with Crippen molar-refractivity contribution in [2.45, 2.75) is 0 Å². The largest absolute Gasteiger partial charge is 0.497 e. The fourth-order valence-electron chi connectivity index (χ4n) is 3.89. The van der Waals surface area contributed by atoms with Crippen LogP contribution in [0.2, 0.25) is 0 Å². The van der Waals surface area contributed by atoms with Gasteiger partial charge in [-0.3, -0.25) is 15.3 Å². The van der Waals surface area contributed by atoms with Crippen molar-refractivity contribution in [3.8, 4) is 28.1 Å². The van der Waals surface area contributed by atoms with Gasteiger partial charge < -0.3 is 10.2 Å². The van der Waals surface area contributed by atoms with Crippen molar-refractivity contribution < 1.29 is 9.53 Å². The van der Waals surface area contributed by atoms with Gasteiger partial charge >= 0.3 is 6.03 Å². The molecule has 3 aromatic carbocycles. The minimum atomic E-state index is -0.317. The lowest BCUT2D eigenvalue weighted by Gasteiger charge is -2.21. The standard InChI is InChI=1S/C24H20N4O2/c1-30-18-12-13-20-19(14-18)22(16-8-4-2-5-9-16)23(17-10-6-3-7-11-17)28(20)21-15-25-27-24(29)26-21/h2-15,25H,1H3,(H2,26,27,29). The summed E-state index contributed by atoms with van der Waals surface area (Å²) in [5.74, 6) is 1.41. The second kappa shape index (κ2) is 7.33. The minimum absolute atomic E-state index is 0.317. The van der Waals surface area contributed by atoms with Gasteiger partial charge in [0.05, 0.1) is 24.5 Å². The first-order chi connectivity index (χ1) is 14.8. The number of rotatable bonds is 4. The van der Waals surface area contributed by atoms with E-state index in [-0.39, 0.29) is 6.03 Å². The van der Waals surface area contributed by atoms with E-state index in [1.165, 1.54) is 0 Å². The zero-order valence-corrected chi connectivity index (χ0v) is 16.3. The summed E-state index contributed by atoms with van der Waals surface area (Å²) in [6.45, 7) is 0. The van der Waals surface area contributed by atoms with E-state index in [0.29, 0.717) is 5.82 Å². The van der Waals surface area contributed by atoms with Gasteiger partial charge in [-0.2, -0.15) is 0 Å². The predicted octanol–water partition coefficient (Wildman–Crippen LogP) is 4.56. The molecule has 0 saturated carbocycles. The molecule has 2 heterocycles. The second-order valence-electron chi connectivity index (χ2n) is 6.93. The molecule has 6 heteroatoms. The van der Waals surface area contributed by atoms with Crippen LogP contribution in [0.25, 0.3) is 39.1 Å². The number of hydrogen-bond donors (Lipinski definition) is 3. The molecule has 0 spiro atoms. The van der Waals surface area contributed by atoms with Crippen LogP contribution >= 0.6 is 0 Å². The number of benzene rings is 3. The summed E-state index contributed by atoms with van der Waals surface area (Å²) in [5, 5.41) is 3.94. The van der Waals surface area contributed by atoms with E-state index in [4.69, 9.17) is 4.74 Å². The number of amides is 2. The van der Waals surface area contributed by atoms with Gasteiger partial charge in [0.1, 0.15) is 11.6 Å². The Bertz CT molecular complexity index is 1260. The Morgan fingerprint density at radius 2 is 1.57 bits per heavy atom. The molecule has 2 amide bonds. The Balaban J connectivity index is 1.92. The topological polar surface area (TPSA) is 67.3 Å². The van der Waals surface area contributed by atoms with Crippen LogP contribution in [0.15, 0.2) is 85.1 Å². The quantitative estimate of drug-likeness (QED) is 0.474. The van der Waals surface area contributed by atoms with Crippen molar-refractivity contribution in [1.82, 2.24) is 20.7 Å². The fraction of sp³-hybridized carbons (Fsp3) is 0.0417. The van der Waals surface area contributed by atoms with E-state index >= 15 is 0 Å². The van der Waals surface area contributed by atoms with Crippen LogP contribution in [0.5, 0.6) is 5.75 Å². The summed E-state index contributed by atoms with van der Waals surface area (Å²) in [7, 11) is 1.66. The van der Waals surface area contributed by atoms with Gasteiger partial charge in [0.25, 0.3) is 0 Å². The predicted molar refractivity (Wildman–Crippen MR) is 118 cm³/mol. The number of ether oxygens (including phenoxy) is 1. The highest BCUT2D eigenvalue weighted by molar-refractivity contribution is 6.07. The monoisotopic (exact) mass is 396 g/mol. The van der Waals surface area contributed by atoms with Gasteiger partial charge in [0.15, 0.2) is 0 Å². The molecule has 148 valence electrons. The lowest BCUT2D eigenvalue weighted by Crippen LogP contribution is -2.46. The Labute approximate surface area is 173 Å². The molecule has 0 bridgehead atoms. The zero-order chi connectivity index (χ0) is 20.5. The van der Waals surface area contributed by atoms with Gasteiger partial charge in [-0.15, -0.1) is 0 Å². The highest BCUT2D eigenvalue weighted by Gasteiger charge is 2.24. The van der Waals surface area contributed by atoms with Crippen LogP contribution in [0.3, 0.4) is 0 Å². The van der Waals surface area contributed by atoms with Crippen LogP contribution in [0.1, 0.15) is 0 Å². The molecule has 0 saturated heterocycles. The smallest absolute Gasteiger partial charge is 0.339 e. The number of carbonyl (C=O) groups excluding carboxylic acids is 1. The lowest BCUT2D eigenvalue weighted by atomic mass is 9.98. The normalized spacial score (nSPS) is 13.2. The van der Waals surface area contributed by atoms with E-state index in [0.717, 1.165) is 39.0 Å². The zero-order valence-electron chi connectivity index (χ0n) is 16.3. The van der Waals surface area contributed by atoms with Crippen LogP contribution in [0, 0.1) is 0 Å². The van der Waals surface area contributed by atoms with Crippen LogP contribution in [0.4, 0.5) is 4.79 Å². The summed E-state index contributed by atoms with van der Waals surface area (Å²) in [4.78, 5) is 12.0. The number of hydrogen-bond acceptors (Lipinski definition) is 3. The van der Waals surface area contributed by atoms with E-state index in [9.17, 15) is 4.79 Å². The lowest BCUT2D eigenvalue weighted by molar-refractivity contribution is 0.240. The summed E-state index contributed by atoms with van der Waals surface area (Å²) < 4.78 is 7.58. The molecule has 1 aliphatic heterocycles. The first-order valence-corrected chi connectivity index (χ1v) is 9.62. The van der Waals surface area contributed by atoms with Gasteiger partial charge in [0.2, 0.25) is 0 Å². The number of fused-ring (bicyclic) bond motifs is 1. The van der Waals surface area contributed by atoms with E-state index in [1.54, 1.807) is 13.3 Å². The minimum Gasteiger partial charge on any atom is -0.497 e. The maximum absolute atomic E-state index is 12.0. The van der Waals surface area contributed by atoms with Crippen molar-refractivity contribution in [3.05, 3.63) is 85.1 Å². The molecule has 0 aliphatic carbocycles. The maximum Gasteiger partial charge on any atom is 0.339 e. The van der Waals surface area contributed by atoms with Crippen molar-refractivity contribution in [3.63, 3.8) is 0 Å². The molecule has 1 aliphatic rings. The number of urea groups is 1. The van der Waals surface area contributed by atoms with Gasteiger partial charge in [-0.05, 0) is 29.3 Å². The average Bonchev–Trinajstić information content (AvgIpc) is 3.14. The number of nitrogens with one attached hydrogen (secondary N) is 3. The molecule has 0 atom stereocenters. The summed E-state index contributed by atoms with van der Waals surface area (Å²) in [6, 6.07) is 26.1. The molecule has 0 radical (unpaired) electrons. The molecule has 30 heavy (non-hydrogen) atoms. The number of methoxy groups -OCH3 is 1.